The van der Waals surface area contributed by atoms with Crippen molar-refractivity contribution in [3.8, 4) is 0 Å². The molecule has 0 saturated heterocycles. The van der Waals surface area contributed by atoms with E-state index in [9.17, 15) is 22.0 Å². The number of hydrogen-bond donors (Lipinski definition) is 0. The normalized spacial score (nSPS) is 10.7. The molecule has 0 unspecified atom stereocenters. The molecule has 3 aromatic carbocycles. The largest absolute Gasteiger partial charge is 0.204 e. The van der Waals surface area contributed by atoms with Gasteiger partial charge in [0.2, 0.25) is 0 Å². The summed E-state index contributed by atoms with van der Waals surface area (Å²) in [6.07, 6.45) is 1.03. The Kier molecular flexibility index (Phi) is 7.60. The molecule has 0 atom stereocenters. The van der Waals surface area contributed by atoms with E-state index in [1.165, 1.54) is 22.3 Å². The smallest absolute Gasteiger partial charge is 0.200 e. The van der Waals surface area contributed by atoms with E-state index in [0.29, 0.717) is 5.92 Å². The highest BCUT2D eigenvalue weighted by atomic mass is 19.2. The van der Waals surface area contributed by atoms with Gasteiger partial charge in [0, 0.05) is 0 Å². The van der Waals surface area contributed by atoms with Crippen LogP contribution in [0.2, 0.25) is 0 Å². The average molecular weight is 402 g/mol. The van der Waals surface area contributed by atoms with Crippen molar-refractivity contribution in [2.75, 3.05) is 0 Å². The Morgan fingerprint density at radius 2 is 1.03 bits per heavy atom. The van der Waals surface area contributed by atoms with Crippen LogP contribution >= 0.6 is 0 Å². The van der Waals surface area contributed by atoms with Gasteiger partial charge in [-0.1, -0.05) is 67.9 Å². The summed E-state index contributed by atoms with van der Waals surface area (Å²) in [6.45, 7) is 6.59. The molecular formula is C23H20BF5. The fourth-order valence-electron chi connectivity index (χ4n) is 2.58. The van der Waals surface area contributed by atoms with Crippen LogP contribution in [0.3, 0.4) is 0 Å². The zero-order chi connectivity index (χ0) is 21.7. The van der Waals surface area contributed by atoms with E-state index >= 15 is 0 Å². The Hall–Kier alpha value is -2.63. The molecule has 0 bridgehead atoms. The monoisotopic (exact) mass is 402 g/mol. The molecule has 150 valence electrons. The molecule has 2 radical (unpaired) electrons. The number of rotatable bonds is 3. The Balaban J connectivity index is 0.000000221. The van der Waals surface area contributed by atoms with Crippen molar-refractivity contribution in [1.82, 2.24) is 0 Å². The lowest BCUT2D eigenvalue weighted by Gasteiger charge is -2.07. The molecule has 6 heteroatoms. The molecule has 0 nitrogen and oxygen atoms in total. The zero-order valence-electron chi connectivity index (χ0n) is 16.4. The van der Waals surface area contributed by atoms with Gasteiger partial charge >= 0.3 is 0 Å². The summed E-state index contributed by atoms with van der Waals surface area (Å²) in [4.78, 5) is 0. The van der Waals surface area contributed by atoms with E-state index in [2.05, 4.69) is 77.1 Å². The Labute approximate surface area is 168 Å². The maximum Gasteiger partial charge on any atom is 0.200 e. The lowest BCUT2D eigenvalue weighted by molar-refractivity contribution is 0.384. The first-order valence-electron chi connectivity index (χ1n) is 9.03. The molecule has 0 aliphatic carbocycles. The third-order valence-electron chi connectivity index (χ3n) is 4.42. The quantitative estimate of drug-likeness (QED) is 0.222. The maximum atomic E-state index is 12.3. The van der Waals surface area contributed by atoms with Crippen molar-refractivity contribution in [1.29, 1.82) is 0 Å². The molecule has 0 fully saturated rings. The fourth-order valence-corrected chi connectivity index (χ4v) is 2.58. The predicted octanol–water partition coefficient (Wildman–Crippen LogP) is 5.89. The van der Waals surface area contributed by atoms with E-state index in [-0.39, 0.29) is 0 Å². The Bertz CT molecular complexity index is 859. The molecule has 0 heterocycles. The summed E-state index contributed by atoms with van der Waals surface area (Å²) in [5.74, 6) is -9.68. The highest BCUT2D eigenvalue weighted by Crippen LogP contribution is 2.17. The van der Waals surface area contributed by atoms with E-state index in [0.717, 1.165) is 6.42 Å². The average Bonchev–Trinajstić information content (AvgIpc) is 2.72. The first kappa shape index (κ1) is 22.7. The summed E-state index contributed by atoms with van der Waals surface area (Å²) in [6, 6.07) is 17.8. The van der Waals surface area contributed by atoms with Gasteiger partial charge in [-0.05, 0) is 41.4 Å². The molecular weight excluding hydrogens is 382 g/mol. The van der Waals surface area contributed by atoms with Crippen LogP contribution < -0.4 is 5.46 Å². The highest BCUT2D eigenvalue weighted by Gasteiger charge is 2.22. The van der Waals surface area contributed by atoms with Crippen molar-refractivity contribution in [3.63, 3.8) is 0 Å². The van der Waals surface area contributed by atoms with Crippen LogP contribution in [0.5, 0.6) is 0 Å². The molecule has 3 rings (SSSR count). The van der Waals surface area contributed by atoms with Crippen molar-refractivity contribution in [2.45, 2.75) is 33.1 Å². The van der Waals surface area contributed by atoms with Gasteiger partial charge in [-0.15, -0.1) is 0 Å². The van der Waals surface area contributed by atoms with Gasteiger partial charge < -0.3 is 0 Å². The van der Waals surface area contributed by atoms with Gasteiger partial charge in [0.05, 0.1) is 0 Å². The fraction of sp³-hybridized carbons (Fsp3) is 0.217. The summed E-state index contributed by atoms with van der Waals surface area (Å²) in [7, 11) is 4.56. The predicted molar refractivity (Wildman–Crippen MR) is 106 cm³/mol. The van der Waals surface area contributed by atoms with Crippen LogP contribution in [-0.2, 0) is 6.42 Å². The molecule has 0 aromatic heterocycles. The number of hydrogen-bond acceptors (Lipinski definition) is 0. The summed E-state index contributed by atoms with van der Waals surface area (Å²) in [5.41, 5.74) is 4.14. The molecule has 0 spiro atoms. The van der Waals surface area contributed by atoms with Gasteiger partial charge in [-0.3, -0.25) is 0 Å². The van der Waals surface area contributed by atoms with Crippen molar-refractivity contribution in [2.24, 2.45) is 0 Å². The van der Waals surface area contributed by atoms with Gasteiger partial charge in [0.15, 0.2) is 29.1 Å². The molecule has 29 heavy (non-hydrogen) atoms. The standard InChI is InChI=1S/C17H20.C6BF5/c1-13(2)17-10-8-16(9-11-17)12-15-6-4-14(3)5-7-15;7-1-2(8)4(10)6(12)5(11)3(1)9/h4-11,13H,12H2,1-3H3;. The van der Waals surface area contributed by atoms with Crippen LogP contribution in [0.4, 0.5) is 22.0 Å². The van der Waals surface area contributed by atoms with Crippen LogP contribution in [-0.4, -0.2) is 7.85 Å². The Morgan fingerprint density at radius 3 is 1.45 bits per heavy atom. The molecule has 0 amide bonds. The van der Waals surface area contributed by atoms with Crippen molar-refractivity contribution in [3.05, 3.63) is 99.9 Å². The third-order valence-corrected chi connectivity index (χ3v) is 4.42. The van der Waals surface area contributed by atoms with E-state index < -0.39 is 34.5 Å². The summed E-state index contributed by atoms with van der Waals surface area (Å²) in [5, 5.41) is 0. The molecule has 0 aliphatic heterocycles. The third kappa shape index (κ3) is 5.69. The van der Waals surface area contributed by atoms with Gasteiger partial charge in [-0.25, -0.2) is 22.0 Å². The molecule has 3 aromatic rings. The first-order chi connectivity index (χ1) is 13.6. The Morgan fingerprint density at radius 1 is 0.655 bits per heavy atom. The van der Waals surface area contributed by atoms with Crippen LogP contribution in [0.25, 0.3) is 0 Å². The lowest BCUT2D eigenvalue weighted by Crippen LogP contribution is -2.20. The second-order valence-corrected chi connectivity index (χ2v) is 7.04. The van der Waals surface area contributed by atoms with Gasteiger partial charge in [0.25, 0.3) is 0 Å². The number of halogens is 5. The van der Waals surface area contributed by atoms with Crippen molar-refractivity contribution >= 4 is 13.3 Å². The minimum atomic E-state index is -2.21. The SMILES string of the molecule is Cc1ccc(Cc2ccc(C(C)C)cc2)cc1.[B]c1c(F)c(F)c(F)c(F)c1F. The van der Waals surface area contributed by atoms with Crippen molar-refractivity contribution < 1.29 is 22.0 Å². The van der Waals surface area contributed by atoms with Crippen LogP contribution in [0, 0.1) is 36.0 Å². The van der Waals surface area contributed by atoms with E-state index in [1.54, 1.807) is 0 Å². The van der Waals surface area contributed by atoms with Gasteiger partial charge in [-0.2, -0.15) is 0 Å². The number of benzene rings is 3. The van der Waals surface area contributed by atoms with Crippen LogP contribution in [0.15, 0.2) is 48.5 Å². The minimum Gasteiger partial charge on any atom is -0.204 e. The van der Waals surface area contributed by atoms with E-state index in [4.69, 9.17) is 0 Å². The lowest BCUT2D eigenvalue weighted by atomic mass is 9.94. The number of aryl methyl sites for hydroxylation is 1. The second kappa shape index (κ2) is 9.72. The molecule has 0 N–H and O–H groups in total. The minimum absolute atomic E-state index is 0.614. The zero-order valence-corrected chi connectivity index (χ0v) is 16.4. The topological polar surface area (TPSA) is 0 Å². The highest BCUT2D eigenvalue weighted by molar-refractivity contribution is 6.32. The molecule has 0 saturated carbocycles. The van der Waals surface area contributed by atoms with Gasteiger partial charge in [0.1, 0.15) is 7.85 Å². The van der Waals surface area contributed by atoms with E-state index in [1.807, 2.05) is 0 Å². The summed E-state index contributed by atoms with van der Waals surface area (Å²) >= 11 is 0. The maximum absolute atomic E-state index is 12.3. The van der Waals surface area contributed by atoms with Crippen LogP contribution in [0.1, 0.15) is 42.0 Å². The second-order valence-electron chi connectivity index (χ2n) is 7.04. The first-order valence-corrected chi connectivity index (χ1v) is 9.03. The molecule has 0 aliphatic rings. The summed E-state index contributed by atoms with van der Waals surface area (Å²) < 4.78 is 61.1.